The molecule has 0 atom stereocenters. The molecule has 0 radical (unpaired) electrons. The summed E-state index contributed by atoms with van der Waals surface area (Å²) in [5, 5.41) is 3.69. The summed E-state index contributed by atoms with van der Waals surface area (Å²) in [7, 11) is 0. The molecule has 2 aromatic heterocycles. The number of nitrogens with zero attached hydrogens (tertiary/aromatic N) is 5. The van der Waals surface area contributed by atoms with E-state index in [1.54, 1.807) is 17.3 Å². The summed E-state index contributed by atoms with van der Waals surface area (Å²) < 4.78 is 9.40. The Kier molecular flexibility index (Phi) is 4.34. The van der Waals surface area contributed by atoms with Gasteiger partial charge in [-0.1, -0.05) is 34.8 Å². The Morgan fingerprint density at radius 3 is 2.60 bits per heavy atom. The molecule has 1 aromatic carbocycles. The zero-order valence-corrected chi connectivity index (χ0v) is 14.1. The number of rotatable bonds is 5. The number of carbonyl (C=O) groups is 1. The number of aromatic nitrogens is 4. The van der Waals surface area contributed by atoms with Crippen LogP contribution in [0, 0.1) is 0 Å². The molecule has 7 nitrogen and oxygen atoms in total. The van der Waals surface area contributed by atoms with Crippen molar-refractivity contribution in [3.8, 4) is 5.75 Å². The van der Waals surface area contributed by atoms with Gasteiger partial charge in [-0.2, -0.15) is 0 Å². The SMILES string of the molecule is O=C(c1cnns1)N1CC(c2ncc(OCc3ccccc3)cn2)C1. The first-order valence-corrected chi connectivity index (χ1v) is 8.62. The number of ether oxygens (including phenoxy) is 1. The molecule has 126 valence electrons. The van der Waals surface area contributed by atoms with Gasteiger partial charge in [0.15, 0.2) is 5.75 Å². The van der Waals surface area contributed by atoms with Crippen LogP contribution in [0.25, 0.3) is 0 Å². The van der Waals surface area contributed by atoms with Crippen molar-refractivity contribution in [1.82, 2.24) is 24.5 Å². The molecule has 8 heteroatoms. The second-order valence-electron chi connectivity index (χ2n) is 5.74. The molecule has 0 aliphatic carbocycles. The highest BCUT2D eigenvalue weighted by atomic mass is 32.1. The van der Waals surface area contributed by atoms with E-state index in [1.165, 1.54) is 6.20 Å². The standard InChI is InChI=1S/C17H15N5O2S/c23-17(15-8-20-21-25-15)22-9-13(10-22)16-18-6-14(7-19-16)24-11-12-4-2-1-3-5-12/h1-8,13H,9-11H2. The first kappa shape index (κ1) is 15.6. The minimum atomic E-state index is -0.0333. The molecule has 0 spiro atoms. The van der Waals surface area contributed by atoms with Crippen LogP contribution in [0.3, 0.4) is 0 Å². The minimum Gasteiger partial charge on any atom is -0.486 e. The van der Waals surface area contributed by atoms with E-state index >= 15 is 0 Å². The van der Waals surface area contributed by atoms with E-state index in [4.69, 9.17) is 4.74 Å². The summed E-state index contributed by atoms with van der Waals surface area (Å²) in [6.45, 7) is 1.71. The quantitative estimate of drug-likeness (QED) is 0.699. The van der Waals surface area contributed by atoms with E-state index in [2.05, 4.69) is 19.6 Å². The van der Waals surface area contributed by atoms with E-state index in [0.29, 0.717) is 30.3 Å². The molecule has 25 heavy (non-hydrogen) atoms. The highest BCUT2D eigenvalue weighted by molar-refractivity contribution is 7.07. The molecule has 1 amide bonds. The van der Waals surface area contributed by atoms with Gasteiger partial charge in [-0.15, -0.1) is 5.10 Å². The average Bonchev–Trinajstić information content (AvgIpc) is 3.15. The van der Waals surface area contributed by atoms with Gasteiger partial charge in [-0.3, -0.25) is 4.79 Å². The van der Waals surface area contributed by atoms with E-state index < -0.39 is 0 Å². The van der Waals surface area contributed by atoms with Crippen molar-refractivity contribution < 1.29 is 9.53 Å². The van der Waals surface area contributed by atoms with Crippen LogP contribution in [-0.4, -0.2) is 43.5 Å². The third-order valence-electron chi connectivity index (χ3n) is 4.00. The summed E-state index contributed by atoms with van der Waals surface area (Å²) in [6, 6.07) is 9.94. The second kappa shape index (κ2) is 6.94. The maximum Gasteiger partial charge on any atom is 0.267 e. The Bertz CT molecular complexity index is 833. The van der Waals surface area contributed by atoms with Crippen LogP contribution in [0.2, 0.25) is 0 Å². The van der Waals surface area contributed by atoms with Crippen molar-refractivity contribution in [2.45, 2.75) is 12.5 Å². The summed E-state index contributed by atoms with van der Waals surface area (Å²) in [5.74, 6) is 1.50. The lowest BCUT2D eigenvalue weighted by Crippen LogP contribution is -2.48. The van der Waals surface area contributed by atoms with Gasteiger partial charge in [0.25, 0.3) is 5.91 Å². The van der Waals surface area contributed by atoms with Gasteiger partial charge in [0, 0.05) is 13.1 Å². The zero-order chi connectivity index (χ0) is 17.1. The normalized spacial score (nSPS) is 14.2. The smallest absolute Gasteiger partial charge is 0.267 e. The largest absolute Gasteiger partial charge is 0.486 e. The number of hydrogen-bond acceptors (Lipinski definition) is 7. The molecule has 3 heterocycles. The molecular weight excluding hydrogens is 338 g/mol. The maximum absolute atomic E-state index is 12.1. The van der Waals surface area contributed by atoms with Gasteiger partial charge >= 0.3 is 0 Å². The molecule has 1 saturated heterocycles. The molecule has 0 unspecified atom stereocenters. The first-order chi connectivity index (χ1) is 12.3. The molecule has 1 fully saturated rings. The van der Waals surface area contributed by atoms with Gasteiger partial charge in [-0.05, 0) is 17.1 Å². The molecular formula is C17H15N5O2S. The molecule has 0 bridgehead atoms. The Hall–Kier alpha value is -2.87. The molecule has 3 aromatic rings. The topological polar surface area (TPSA) is 81.1 Å². The van der Waals surface area contributed by atoms with Crippen LogP contribution in [-0.2, 0) is 6.61 Å². The average molecular weight is 353 g/mol. The van der Waals surface area contributed by atoms with Crippen molar-refractivity contribution in [3.05, 3.63) is 65.2 Å². The van der Waals surface area contributed by atoms with Crippen molar-refractivity contribution in [2.75, 3.05) is 13.1 Å². The lowest BCUT2D eigenvalue weighted by molar-refractivity contribution is 0.0599. The molecule has 4 rings (SSSR count). The molecule has 1 aliphatic rings. The van der Waals surface area contributed by atoms with Crippen LogP contribution >= 0.6 is 11.5 Å². The monoisotopic (exact) mass is 353 g/mol. The van der Waals surface area contributed by atoms with Crippen LogP contribution in [0.15, 0.2) is 48.9 Å². The van der Waals surface area contributed by atoms with E-state index in [9.17, 15) is 4.79 Å². The van der Waals surface area contributed by atoms with Gasteiger partial charge in [0.05, 0.1) is 24.5 Å². The number of carbonyl (C=O) groups excluding carboxylic acids is 1. The summed E-state index contributed by atoms with van der Waals surface area (Å²) in [6.07, 6.45) is 4.86. The van der Waals surface area contributed by atoms with Gasteiger partial charge in [0.2, 0.25) is 0 Å². The van der Waals surface area contributed by atoms with Crippen LogP contribution < -0.4 is 4.74 Å². The Morgan fingerprint density at radius 1 is 1.16 bits per heavy atom. The first-order valence-electron chi connectivity index (χ1n) is 7.85. The summed E-state index contributed by atoms with van der Waals surface area (Å²) in [5.41, 5.74) is 1.09. The number of likely N-dealkylation sites (tertiary alicyclic amines) is 1. The lowest BCUT2D eigenvalue weighted by Gasteiger charge is -2.37. The van der Waals surface area contributed by atoms with Crippen molar-refractivity contribution in [3.63, 3.8) is 0 Å². The Morgan fingerprint density at radius 2 is 1.92 bits per heavy atom. The summed E-state index contributed by atoms with van der Waals surface area (Å²) in [4.78, 5) is 23.2. The Balaban J connectivity index is 1.30. The van der Waals surface area contributed by atoms with Crippen LogP contribution in [0.4, 0.5) is 0 Å². The molecule has 0 N–H and O–H groups in total. The fourth-order valence-corrected chi connectivity index (χ4v) is 3.06. The summed E-state index contributed by atoms with van der Waals surface area (Å²) >= 11 is 1.11. The second-order valence-corrected chi connectivity index (χ2v) is 6.53. The lowest BCUT2D eigenvalue weighted by atomic mass is 9.99. The predicted octanol–water partition coefficient (Wildman–Crippen LogP) is 2.15. The number of benzene rings is 1. The van der Waals surface area contributed by atoms with Crippen LogP contribution in [0.1, 0.15) is 27.0 Å². The molecule has 0 saturated carbocycles. The third-order valence-corrected chi connectivity index (χ3v) is 4.66. The van der Waals surface area contributed by atoms with E-state index in [1.807, 2.05) is 30.3 Å². The zero-order valence-electron chi connectivity index (χ0n) is 13.3. The van der Waals surface area contributed by atoms with Crippen molar-refractivity contribution in [1.29, 1.82) is 0 Å². The third kappa shape index (κ3) is 3.48. The van der Waals surface area contributed by atoms with Gasteiger partial charge < -0.3 is 9.64 Å². The highest BCUT2D eigenvalue weighted by Gasteiger charge is 2.34. The van der Waals surface area contributed by atoms with Crippen molar-refractivity contribution >= 4 is 17.4 Å². The predicted molar refractivity (Wildman–Crippen MR) is 91.4 cm³/mol. The van der Waals surface area contributed by atoms with Crippen LogP contribution in [0.5, 0.6) is 5.75 Å². The fraction of sp³-hybridized carbons (Fsp3) is 0.235. The minimum absolute atomic E-state index is 0.0333. The number of amides is 1. The van der Waals surface area contributed by atoms with Crippen molar-refractivity contribution in [2.24, 2.45) is 0 Å². The Labute approximate surface area is 148 Å². The highest BCUT2D eigenvalue weighted by Crippen LogP contribution is 2.26. The van der Waals surface area contributed by atoms with E-state index in [0.717, 1.165) is 22.9 Å². The van der Waals surface area contributed by atoms with Gasteiger partial charge in [-0.25, -0.2) is 9.97 Å². The van der Waals surface area contributed by atoms with E-state index in [-0.39, 0.29) is 11.8 Å². The number of hydrogen-bond donors (Lipinski definition) is 0. The maximum atomic E-state index is 12.1. The van der Waals surface area contributed by atoms with Gasteiger partial charge in [0.1, 0.15) is 17.3 Å². The fourth-order valence-electron chi connectivity index (χ4n) is 2.58. The molecule has 1 aliphatic heterocycles.